The molecular formula is C35H27NO. The first kappa shape index (κ1) is 21.8. The van der Waals surface area contributed by atoms with Crippen LogP contribution in [-0.4, -0.2) is 4.98 Å². The average molecular weight is 478 g/mol. The predicted molar refractivity (Wildman–Crippen MR) is 156 cm³/mol. The van der Waals surface area contributed by atoms with Crippen LogP contribution in [-0.2, 0) is 0 Å². The van der Waals surface area contributed by atoms with Gasteiger partial charge in [0.25, 0.3) is 0 Å². The van der Waals surface area contributed by atoms with Crippen molar-refractivity contribution in [1.82, 2.24) is 4.98 Å². The lowest BCUT2D eigenvalue weighted by Crippen LogP contribution is -2.31. The molecule has 0 amide bonds. The normalized spacial score (nSPS) is 12.8. The minimum absolute atomic E-state index is 0.897. The lowest BCUT2D eigenvalue weighted by molar-refractivity contribution is 0.479. The molecule has 0 aliphatic heterocycles. The quantitative estimate of drug-likeness (QED) is 0.241. The van der Waals surface area contributed by atoms with E-state index in [1.807, 2.05) is 12.4 Å². The Morgan fingerprint density at radius 3 is 2.27 bits per heavy atom. The van der Waals surface area contributed by atoms with Gasteiger partial charge in [-0.2, -0.15) is 0 Å². The van der Waals surface area contributed by atoms with Crippen LogP contribution in [0.3, 0.4) is 0 Å². The Labute approximate surface area is 216 Å². The summed E-state index contributed by atoms with van der Waals surface area (Å²) in [6.07, 6.45) is 10.6. The van der Waals surface area contributed by atoms with Crippen molar-refractivity contribution in [2.75, 3.05) is 0 Å². The number of benzene rings is 5. The van der Waals surface area contributed by atoms with Gasteiger partial charge in [-0.1, -0.05) is 78.4 Å². The number of ether oxygens (including phenoxy) is 1. The van der Waals surface area contributed by atoms with E-state index in [4.69, 9.17) is 4.74 Å². The summed E-state index contributed by atoms with van der Waals surface area (Å²) < 4.78 is 6.75. The number of pyridine rings is 1. The number of hydrogen-bond donors (Lipinski definition) is 0. The van der Waals surface area contributed by atoms with Crippen molar-refractivity contribution < 1.29 is 4.74 Å². The highest BCUT2D eigenvalue weighted by atomic mass is 16.5. The number of rotatable bonds is 3. The zero-order chi connectivity index (χ0) is 24.9. The van der Waals surface area contributed by atoms with E-state index < -0.39 is 0 Å². The summed E-state index contributed by atoms with van der Waals surface area (Å²) in [6, 6.07) is 28.3. The van der Waals surface area contributed by atoms with Crippen molar-refractivity contribution >= 4 is 44.5 Å². The molecule has 1 heterocycles. The molecule has 1 aliphatic carbocycles. The molecule has 0 N–H and O–H groups in total. The number of aromatic nitrogens is 1. The van der Waals surface area contributed by atoms with Gasteiger partial charge >= 0.3 is 0 Å². The summed E-state index contributed by atoms with van der Waals surface area (Å²) >= 11 is 0. The Hall–Kier alpha value is -4.43. The standard InChI is InChI=1S/C35H27NO/c1-22-15-16-33(23(2)19-22)37-35-29-14-8-7-13-28(29)34(32-21-36-18-17-30(32)35)31-20-24-9-3-4-10-25(24)26-11-5-6-12-27(26)31/h3-6,9-21H,7-8H2,1-2H3. The summed E-state index contributed by atoms with van der Waals surface area (Å²) in [4.78, 5) is 4.59. The van der Waals surface area contributed by atoms with Gasteiger partial charge in [-0.15, -0.1) is 0 Å². The molecule has 1 aromatic heterocycles. The first-order valence-corrected chi connectivity index (χ1v) is 12.9. The number of aryl methyl sites for hydroxylation is 2. The van der Waals surface area contributed by atoms with Crippen LogP contribution in [0.2, 0.25) is 0 Å². The molecule has 178 valence electrons. The van der Waals surface area contributed by atoms with Gasteiger partial charge in [-0.3, -0.25) is 4.98 Å². The van der Waals surface area contributed by atoms with E-state index in [2.05, 4.69) is 110 Å². The van der Waals surface area contributed by atoms with Gasteiger partial charge < -0.3 is 4.74 Å². The van der Waals surface area contributed by atoms with Crippen molar-refractivity contribution in [3.63, 3.8) is 0 Å². The topological polar surface area (TPSA) is 22.1 Å². The lowest BCUT2D eigenvalue weighted by atomic mass is 9.88. The molecule has 0 bridgehead atoms. The lowest BCUT2D eigenvalue weighted by Gasteiger charge is -2.19. The summed E-state index contributed by atoms with van der Waals surface area (Å²) in [5.41, 5.74) is 4.86. The minimum Gasteiger partial charge on any atom is -0.456 e. The molecule has 7 rings (SSSR count). The maximum atomic E-state index is 6.75. The van der Waals surface area contributed by atoms with Crippen LogP contribution in [0.5, 0.6) is 11.5 Å². The fourth-order valence-corrected chi connectivity index (χ4v) is 5.89. The summed E-state index contributed by atoms with van der Waals surface area (Å²) in [5.74, 6) is 1.82. The monoisotopic (exact) mass is 477 g/mol. The third-order valence-corrected chi connectivity index (χ3v) is 7.58. The van der Waals surface area contributed by atoms with Gasteiger partial charge in [0.15, 0.2) is 0 Å². The smallest absolute Gasteiger partial charge is 0.142 e. The highest BCUT2D eigenvalue weighted by Crippen LogP contribution is 2.38. The van der Waals surface area contributed by atoms with Crippen LogP contribution in [0.1, 0.15) is 24.0 Å². The number of nitrogens with zero attached hydrogens (tertiary/aromatic N) is 1. The number of fused-ring (bicyclic) bond motifs is 5. The second-order valence-electron chi connectivity index (χ2n) is 10.0. The van der Waals surface area contributed by atoms with E-state index >= 15 is 0 Å². The highest BCUT2D eigenvalue weighted by Gasteiger charge is 2.19. The Kier molecular flexibility index (Phi) is 5.07. The Morgan fingerprint density at radius 1 is 0.676 bits per heavy atom. The fourth-order valence-electron chi connectivity index (χ4n) is 5.89. The minimum atomic E-state index is 0.897. The second kappa shape index (κ2) is 8.60. The first-order valence-electron chi connectivity index (χ1n) is 12.9. The molecule has 1 aliphatic rings. The van der Waals surface area contributed by atoms with Crippen molar-refractivity contribution in [2.24, 2.45) is 0 Å². The zero-order valence-electron chi connectivity index (χ0n) is 21.1. The summed E-state index contributed by atoms with van der Waals surface area (Å²) in [5, 5.41) is 9.69. The van der Waals surface area contributed by atoms with Crippen molar-refractivity contribution in [1.29, 1.82) is 0 Å². The van der Waals surface area contributed by atoms with Crippen LogP contribution >= 0.6 is 0 Å². The molecule has 0 radical (unpaired) electrons. The van der Waals surface area contributed by atoms with E-state index in [1.165, 1.54) is 48.7 Å². The molecule has 2 nitrogen and oxygen atoms in total. The van der Waals surface area contributed by atoms with Crippen molar-refractivity contribution in [3.05, 3.63) is 113 Å². The van der Waals surface area contributed by atoms with E-state index in [1.54, 1.807) is 0 Å². The SMILES string of the molecule is Cc1ccc(Oc2c3c(c(-c4cc5ccccc5c5ccccc45)c4cnccc24)=CCCC=3)c(C)c1. The highest BCUT2D eigenvalue weighted by molar-refractivity contribution is 6.16. The average Bonchev–Trinajstić information content (AvgIpc) is 2.94. The summed E-state index contributed by atoms with van der Waals surface area (Å²) in [7, 11) is 0. The van der Waals surface area contributed by atoms with Crippen molar-refractivity contribution in [3.8, 4) is 22.6 Å². The molecule has 2 heteroatoms. The molecule has 6 aromatic rings. The van der Waals surface area contributed by atoms with Gasteiger partial charge in [0.05, 0.1) is 0 Å². The Morgan fingerprint density at radius 2 is 1.43 bits per heavy atom. The Bertz CT molecular complexity index is 1980. The second-order valence-corrected chi connectivity index (χ2v) is 10.0. The van der Waals surface area contributed by atoms with Crippen LogP contribution in [0.25, 0.3) is 55.6 Å². The zero-order valence-corrected chi connectivity index (χ0v) is 21.1. The molecule has 0 saturated heterocycles. The molecular weight excluding hydrogens is 450 g/mol. The third kappa shape index (κ3) is 3.52. The Balaban J connectivity index is 1.61. The maximum Gasteiger partial charge on any atom is 0.142 e. The van der Waals surface area contributed by atoms with Crippen LogP contribution < -0.4 is 15.2 Å². The fraction of sp³-hybridized carbons (Fsp3) is 0.114. The first-order chi connectivity index (χ1) is 18.2. The van der Waals surface area contributed by atoms with Gasteiger partial charge in [0.2, 0.25) is 0 Å². The van der Waals surface area contributed by atoms with Crippen molar-refractivity contribution in [2.45, 2.75) is 26.7 Å². The summed E-state index contributed by atoms with van der Waals surface area (Å²) in [6.45, 7) is 4.23. The number of hydrogen-bond acceptors (Lipinski definition) is 2. The third-order valence-electron chi connectivity index (χ3n) is 7.58. The predicted octanol–water partition coefficient (Wildman–Crippen LogP) is 7.97. The molecule has 0 atom stereocenters. The largest absolute Gasteiger partial charge is 0.456 e. The van der Waals surface area contributed by atoms with Gasteiger partial charge in [0.1, 0.15) is 11.5 Å². The van der Waals surface area contributed by atoms with Gasteiger partial charge in [0, 0.05) is 28.4 Å². The molecule has 37 heavy (non-hydrogen) atoms. The van der Waals surface area contributed by atoms with Gasteiger partial charge in [-0.25, -0.2) is 0 Å². The van der Waals surface area contributed by atoms with E-state index in [-0.39, 0.29) is 0 Å². The molecule has 5 aromatic carbocycles. The van der Waals surface area contributed by atoms with Crippen LogP contribution in [0.15, 0.2) is 91.3 Å². The maximum absolute atomic E-state index is 6.75. The van der Waals surface area contributed by atoms with E-state index in [0.29, 0.717) is 0 Å². The van der Waals surface area contributed by atoms with Crippen LogP contribution in [0, 0.1) is 13.8 Å². The van der Waals surface area contributed by atoms with Gasteiger partial charge in [-0.05, 0) is 88.3 Å². The molecule has 0 fully saturated rings. The van der Waals surface area contributed by atoms with E-state index in [0.717, 1.165) is 40.7 Å². The molecule has 0 spiro atoms. The molecule has 0 unspecified atom stereocenters. The molecule has 0 saturated carbocycles. The van der Waals surface area contributed by atoms with Crippen LogP contribution in [0.4, 0.5) is 0 Å². The van der Waals surface area contributed by atoms with E-state index in [9.17, 15) is 0 Å².